The number of hydrogen-bond donors (Lipinski definition) is 1. The quantitative estimate of drug-likeness (QED) is 0.708. The van der Waals surface area contributed by atoms with Gasteiger partial charge in [-0.2, -0.15) is 0 Å². The molecule has 6 nitrogen and oxygen atoms in total. The highest BCUT2D eigenvalue weighted by atomic mass is 32.2. The van der Waals surface area contributed by atoms with Crippen LogP contribution in [0.3, 0.4) is 0 Å². The summed E-state index contributed by atoms with van der Waals surface area (Å²) in [6.45, 7) is 0.430. The number of nitrogens with one attached hydrogen (secondary N) is 1. The van der Waals surface area contributed by atoms with Gasteiger partial charge >= 0.3 is 0 Å². The molecular weight excluding hydrogens is 371 g/mol. The summed E-state index contributed by atoms with van der Waals surface area (Å²) in [5.74, 6) is 0.0622. The zero-order valence-corrected chi connectivity index (χ0v) is 16.1. The molecule has 0 spiro atoms. The van der Waals surface area contributed by atoms with Gasteiger partial charge in [0.1, 0.15) is 11.6 Å². The topological polar surface area (TPSA) is 75.7 Å². The fraction of sp³-hybridized carbons (Fsp3) is 0.316. The van der Waals surface area contributed by atoms with Gasteiger partial charge in [-0.3, -0.25) is 9.10 Å². The number of anilines is 1. The molecular formula is C19H23FN2O4S. The highest BCUT2D eigenvalue weighted by Crippen LogP contribution is 2.21. The lowest BCUT2D eigenvalue weighted by atomic mass is 10.1. The van der Waals surface area contributed by atoms with E-state index in [0.29, 0.717) is 24.4 Å². The molecule has 0 saturated carbocycles. The molecule has 0 saturated heterocycles. The molecule has 0 atom stereocenters. The number of rotatable bonds is 9. The summed E-state index contributed by atoms with van der Waals surface area (Å²) < 4.78 is 43.2. The third kappa shape index (κ3) is 6.56. The van der Waals surface area contributed by atoms with Gasteiger partial charge in [0, 0.05) is 19.5 Å². The smallest absolute Gasteiger partial charge is 0.232 e. The first-order valence-corrected chi connectivity index (χ1v) is 10.3. The minimum absolute atomic E-state index is 0.0303. The summed E-state index contributed by atoms with van der Waals surface area (Å²) in [4.78, 5) is 12.0. The van der Waals surface area contributed by atoms with Crippen molar-refractivity contribution >= 4 is 21.6 Å². The van der Waals surface area contributed by atoms with Crippen molar-refractivity contribution < 1.29 is 22.3 Å². The van der Waals surface area contributed by atoms with Gasteiger partial charge in [-0.25, -0.2) is 12.8 Å². The van der Waals surface area contributed by atoms with E-state index in [-0.39, 0.29) is 24.7 Å². The Bertz CT molecular complexity index is 852. The second-order valence-corrected chi connectivity index (χ2v) is 7.92. The van der Waals surface area contributed by atoms with E-state index < -0.39 is 10.0 Å². The largest absolute Gasteiger partial charge is 0.497 e. The number of sulfonamides is 1. The van der Waals surface area contributed by atoms with Crippen molar-refractivity contribution in [3.8, 4) is 5.75 Å². The molecule has 2 rings (SSSR count). The number of halogens is 1. The van der Waals surface area contributed by atoms with Gasteiger partial charge in [0.2, 0.25) is 15.9 Å². The van der Waals surface area contributed by atoms with Crippen LogP contribution in [-0.4, -0.2) is 40.8 Å². The van der Waals surface area contributed by atoms with Crippen LogP contribution in [0.15, 0.2) is 48.5 Å². The number of hydrogen-bond acceptors (Lipinski definition) is 4. The average Bonchev–Trinajstić information content (AvgIpc) is 2.63. The lowest BCUT2D eigenvalue weighted by molar-refractivity contribution is -0.120. The normalized spacial score (nSPS) is 11.1. The van der Waals surface area contributed by atoms with Gasteiger partial charge in [0.05, 0.1) is 19.1 Å². The second kappa shape index (κ2) is 9.36. The predicted octanol–water partition coefficient (Wildman–Crippen LogP) is 2.35. The van der Waals surface area contributed by atoms with Crippen molar-refractivity contribution in [2.45, 2.75) is 12.8 Å². The summed E-state index contributed by atoms with van der Waals surface area (Å²) >= 11 is 0. The molecule has 8 heteroatoms. The van der Waals surface area contributed by atoms with E-state index >= 15 is 0 Å². The van der Waals surface area contributed by atoms with Crippen molar-refractivity contribution in [2.75, 3.05) is 30.8 Å². The molecule has 0 bridgehead atoms. The molecule has 27 heavy (non-hydrogen) atoms. The summed E-state index contributed by atoms with van der Waals surface area (Å²) in [6.07, 6.45) is 1.70. The summed E-state index contributed by atoms with van der Waals surface area (Å²) in [7, 11) is -2.00. The van der Waals surface area contributed by atoms with Gasteiger partial charge in [0.15, 0.2) is 0 Å². The Kier molecular flexibility index (Phi) is 7.18. The van der Waals surface area contributed by atoms with Gasteiger partial charge < -0.3 is 10.1 Å². The fourth-order valence-electron chi connectivity index (χ4n) is 2.52. The zero-order chi connectivity index (χ0) is 19.9. The Morgan fingerprint density at radius 2 is 1.74 bits per heavy atom. The van der Waals surface area contributed by atoms with Crippen LogP contribution in [0.5, 0.6) is 5.75 Å². The van der Waals surface area contributed by atoms with Crippen LogP contribution < -0.4 is 14.4 Å². The lowest BCUT2D eigenvalue weighted by Crippen LogP contribution is -2.35. The number of nitrogens with zero attached hydrogens (tertiary/aromatic N) is 1. The van der Waals surface area contributed by atoms with Crippen LogP contribution in [0.25, 0.3) is 0 Å². The molecule has 146 valence electrons. The Morgan fingerprint density at radius 3 is 2.30 bits per heavy atom. The average molecular weight is 394 g/mol. The minimum Gasteiger partial charge on any atom is -0.497 e. The van der Waals surface area contributed by atoms with E-state index in [1.807, 2.05) is 0 Å². The third-order valence-corrected chi connectivity index (χ3v) is 5.15. The van der Waals surface area contributed by atoms with Crippen LogP contribution in [0.4, 0.5) is 10.1 Å². The van der Waals surface area contributed by atoms with Gasteiger partial charge in [0.25, 0.3) is 0 Å². The first-order valence-electron chi connectivity index (χ1n) is 8.42. The molecule has 2 aromatic rings. The molecule has 1 amide bonds. The van der Waals surface area contributed by atoms with Crippen molar-refractivity contribution in [3.05, 3.63) is 59.9 Å². The van der Waals surface area contributed by atoms with E-state index in [1.54, 1.807) is 36.4 Å². The van der Waals surface area contributed by atoms with Gasteiger partial charge in [-0.1, -0.05) is 12.1 Å². The summed E-state index contributed by atoms with van der Waals surface area (Å²) in [5, 5.41) is 2.75. The first kappa shape index (κ1) is 20.7. The maximum Gasteiger partial charge on any atom is 0.232 e. The maximum absolute atomic E-state index is 12.9. The van der Waals surface area contributed by atoms with Crippen molar-refractivity contribution in [1.82, 2.24) is 5.32 Å². The number of ether oxygens (including phenoxy) is 1. The maximum atomic E-state index is 12.9. The van der Waals surface area contributed by atoms with E-state index in [2.05, 4.69) is 5.32 Å². The predicted molar refractivity (Wildman–Crippen MR) is 103 cm³/mol. The fourth-order valence-corrected chi connectivity index (χ4v) is 3.45. The number of methoxy groups -OCH3 is 1. The van der Waals surface area contributed by atoms with Crippen molar-refractivity contribution in [1.29, 1.82) is 0 Å². The standard InChI is InChI=1S/C19H23FN2O4S/c1-26-18-9-7-17(8-10-18)22(27(2,24)25)14-12-19(23)21-13-11-15-3-5-16(20)6-4-15/h3-10H,11-14H2,1-2H3,(H,21,23). The molecule has 0 radical (unpaired) electrons. The monoisotopic (exact) mass is 394 g/mol. The van der Waals surface area contributed by atoms with E-state index in [4.69, 9.17) is 4.74 Å². The Balaban J connectivity index is 1.88. The molecule has 1 N–H and O–H groups in total. The van der Waals surface area contributed by atoms with Crippen LogP contribution in [0.2, 0.25) is 0 Å². The molecule has 0 unspecified atom stereocenters. The SMILES string of the molecule is COc1ccc(N(CCC(=O)NCCc2ccc(F)cc2)S(C)(=O)=O)cc1. The number of benzene rings is 2. The van der Waals surface area contributed by atoms with Gasteiger partial charge in [-0.05, 0) is 48.4 Å². The molecule has 2 aromatic carbocycles. The Morgan fingerprint density at radius 1 is 1.11 bits per heavy atom. The molecule has 0 fully saturated rings. The zero-order valence-electron chi connectivity index (χ0n) is 15.3. The number of amides is 1. The first-order chi connectivity index (χ1) is 12.8. The van der Waals surface area contributed by atoms with Crippen molar-refractivity contribution in [2.24, 2.45) is 0 Å². The molecule has 0 heterocycles. The van der Waals surface area contributed by atoms with Crippen LogP contribution in [0.1, 0.15) is 12.0 Å². The number of carbonyl (C=O) groups excluding carboxylic acids is 1. The summed E-state index contributed by atoms with van der Waals surface area (Å²) in [5.41, 5.74) is 1.38. The minimum atomic E-state index is -3.52. The van der Waals surface area contributed by atoms with E-state index in [0.717, 1.165) is 11.8 Å². The summed E-state index contributed by atoms with van der Waals surface area (Å²) in [6, 6.07) is 12.7. The Labute approximate surface area is 159 Å². The lowest BCUT2D eigenvalue weighted by Gasteiger charge is -2.22. The Hall–Kier alpha value is -2.61. The molecule has 0 aromatic heterocycles. The molecule has 0 aliphatic rings. The van der Waals surface area contributed by atoms with Crippen LogP contribution >= 0.6 is 0 Å². The van der Waals surface area contributed by atoms with E-state index in [1.165, 1.54) is 23.5 Å². The van der Waals surface area contributed by atoms with Gasteiger partial charge in [-0.15, -0.1) is 0 Å². The number of carbonyl (C=O) groups is 1. The molecule has 0 aliphatic heterocycles. The molecule has 0 aliphatic carbocycles. The van der Waals surface area contributed by atoms with Crippen molar-refractivity contribution in [3.63, 3.8) is 0 Å². The third-order valence-electron chi connectivity index (χ3n) is 3.95. The van der Waals surface area contributed by atoms with Crippen LogP contribution in [0, 0.1) is 5.82 Å². The van der Waals surface area contributed by atoms with E-state index in [9.17, 15) is 17.6 Å². The highest BCUT2D eigenvalue weighted by molar-refractivity contribution is 7.92. The van der Waals surface area contributed by atoms with Crippen LogP contribution in [-0.2, 0) is 21.2 Å². The highest BCUT2D eigenvalue weighted by Gasteiger charge is 2.18. The second-order valence-electron chi connectivity index (χ2n) is 6.01.